The molecule has 0 radical (unpaired) electrons. The molecule has 0 bridgehead atoms. The van der Waals surface area contributed by atoms with Gasteiger partial charge >= 0.3 is 6.18 Å². The number of methoxy groups -OCH3 is 1. The molecule has 2 heterocycles. The number of anilines is 1. The summed E-state index contributed by atoms with van der Waals surface area (Å²) in [7, 11) is -1.13. The summed E-state index contributed by atoms with van der Waals surface area (Å²) in [6.07, 6.45) is -3.35. The molecular weight excluding hydrogens is 452 g/mol. The lowest BCUT2D eigenvalue weighted by molar-refractivity contribution is -0.137. The molecule has 0 amide bonds. The Bertz CT molecular complexity index is 1220. The van der Waals surface area contributed by atoms with Gasteiger partial charge in [-0.3, -0.25) is 0 Å². The number of aryl methyl sites for hydroxylation is 1. The number of benzene rings is 2. The molecule has 10 heteroatoms. The molecule has 1 aliphatic rings. The first-order valence-electron chi connectivity index (χ1n) is 10.7. The van der Waals surface area contributed by atoms with E-state index in [-0.39, 0.29) is 0 Å². The predicted molar refractivity (Wildman–Crippen MR) is 124 cm³/mol. The van der Waals surface area contributed by atoms with Crippen LogP contribution in [0.25, 0.3) is 10.9 Å². The van der Waals surface area contributed by atoms with E-state index >= 15 is 0 Å². The number of nitrogens with zero attached hydrogens (tertiary/aromatic N) is 2. The fourth-order valence-corrected chi connectivity index (χ4v) is 6.79. The first kappa shape index (κ1) is 23.5. The van der Waals surface area contributed by atoms with E-state index < -0.39 is 24.9 Å². The van der Waals surface area contributed by atoms with Gasteiger partial charge in [0.1, 0.15) is 24.5 Å². The summed E-state index contributed by atoms with van der Waals surface area (Å²) in [5.41, 5.74) is 0.395. The number of fused-ring (bicyclic) bond motifs is 1. The van der Waals surface area contributed by atoms with Crippen LogP contribution in [0.5, 0.6) is 5.75 Å². The first-order chi connectivity index (χ1) is 15.6. The maximum absolute atomic E-state index is 13.7. The summed E-state index contributed by atoms with van der Waals surface area (Å²) in [4.78, 5) is 9.01. The Morgan fingerprint density at radius 3 is 2.55 bits per heavy atom. The van der Waals surface area contributed by atoms with Crippen LogP contribution in [-0.2, 0) is 10.7 Å². The maximum Gasteiger partial charge on any atom is 0.416 e. The van der Waals surface area contributed by atoms with Crippen molar-refractivity contribution >= 4 is 29.2 Å². The summed E-state index contributed by atoms with van der Waals surface area (Å²) in [5, 5.41) is 7.78. The molecule has 0 spiro atoms. The smallest absolute Gasteiger partial charge is 0.416 e. The number of halogens is 3. The van der Waals surface area contributed by atoms with Crippen molar-refractivity contribution in [3.63, 3.8) is 0 Å². The van der Waals surface area contributed by atoms with Crippen molar-refractivity contribution in [1.82, 2.24) is 15.3 Å². The molecule has 2 aromatic carbocycles. The summed E-state index contributed by atoms with van der Waals surface area (Å²) in [5.74, 6) is 1.51. The molecule has 6 nitrogen and oxygen atoms in total. The highest BCUT2D eigenvalue weighted by Crippen LogP contribution is 2.48. The Kier molecular flexibility index (Phi) is 6.38. The average Bonchev–Trinajstić information content (AvgIpc) is 2.78. The van der Waals surface area contributed by atoms with Gasteiger partial charge in [-0.25, -0.2) is 9.97 Å². The quantitative estimate of drug-likeness (QED) is 0.517. The molecule has 4 rings (SSSR count). The van der Waals surface area contributed by atoms with E-state index in [0.717, 1.165) is 12.1 Å². The van der Waals surface area contributed by atoms with Crippen LogP contribution in [0, 0.1) is 6.92 Å². The van der Waals surface area contributed by atoms with E-state index in [1.165, 1.54) is 6.07 Å². The molecule has 1 aliphatic heterocycles. The molecule has 0 saturated carbocycles. The highest BCUT2D eigenvalue weighted by atomic mass is 31.2. The van der Waals surface area contributed by atoms with Crippen LogP contribution in [0.1, 0.15) is 29.9 Å². The molecule has 3 aromatic rings. The van der Waals surface area contributed by atoms with Crippen LogP contribution >= 0.6 is 7.14 Å². The SMILES string of the molecule is COc1cc2nc(C)nc(N[C@H](C)c3cccc(C(F)(F)F)c3)c2cc1P1(=O)CCNCC1. The second-order valence-electron chi connectivity index (χ2n) is 8.24. The molecule has 33 heavy (non-hydrogen) atoms. The standard InChI is InChI=1S/C23H26F3N4O2P/c1-14(16-5-4-6-17(11-16)23(24,25)26)28-22-18-12-21(33(31)9-7-27-8-10-33)20(32-3)13-19(18)29-15(2)30-22/h4-6,11-14,27H,7-10H2,1-3H3,(H,28,29,30)/t14-/m1/s1. The maximum atomic E-state index is 13.7. The number of aromatic nitrogens is 2. The lowest BCUT2D eigenvalue weighted by Crippen LogP contribution is -2.32. The van der Waals surface area contributed by atoms with E-state index in [1.54, 1.807) is 33.1 Å². The van der Waals surface area contributed by atoms with Crippen molar-refractivity contribution < 1.29 is 22.5 Å². The van der Waals surface area contributed by atoms with Gasteiger partial charge < -0.3 is 19.9 Å². The van der Waals surface area contributed by atoms with E-state index in [9.17, 15) is 17.7 Å². The molecule has 1 fully saturated rings. The summed E-state index contributed by atoms with van der Waals surface area (Å²) in [6, 6.07) is 8.36. The Morgan fingerprint density at radius 2 is 1.88 bits per heavy atom. The lowest BCUT2D eigenvalue weighted by atomic mass is 10.0. The van der Waals surface area contributed by atoms with Gasteiger partial charge in [0, 0.05) is 42.9 Å². The van der Waals surface area contributed by atoms with Crippen LogP contribution in [0.3, 0.4) is 0 Å². The zero-order valence-electron chi connectivity index (χ0n) is 18.7. The lowest BCUT2D eigenvalue weighted by Gasteiger charge is -2.26. The molecule has 176 valence electrons. The largest absolute Gasteiger partial charge is 0.496 e. The second-order valence-corrected chi connectivity index (χ2v) is 11.4. The minimum absolute atomic E-state index is 0.453. The molecule has 0 unspecified atom stereocenters. The molecule has 2 N–H and O–H groups in total. The average molecular weight is 478 g/mol. The zero-order chi connectivity index (χ0) is 23.8. The van der Waals surface area contributed by atoms with Gasteiger partial charge in [0.15, 0.2) is 0 Å². The van der Waals surface area contributed by atoms with Crippen molar-refractivity contribution in [2.45, 2.75) is 26.1 Å². The molecule has 1 aromatic heterocycles. The van der Waals surface area contributed by atoms with Crippen molar-refractivity contribution in [2.75, 3.05) is 37.8 Å². The van der Waals surface area contributed by atoms with Gasteiger partial charge in [0.05, 0.1) is 23.5 Å². The number of ether oxygens (including phenoxy) is 1. The minimum Gasteiger partial charge on any atom is -0.496 e. The number of hydrogen-bond acceptors (Lipinski definition) is 6. The fourth-order valence-electron chi connectivity index (χ4n) is 4.12. The van der Waals surface area contributed by atoms with Crippen LogP contribution in [0.4, 0.5) is 19.0 Å². The van der Waals surface area contributed by atoms with Crippen molar-refractivity contribution in [2.24, 2.45) is 0 Å². The zero-order valence-corrected chi connectivity index (χ0v) is 19.6. The summed E-state index contributed by atoms with van der Waals surface area (Å²) in [6.45, 7) is 4.86. The molecule has 1 saturated heterocycles. The van der Waals surface area contributed by atoms with Gasteiger partial charge in [0.25, 0.3) is 0 Å². The third kappa shape index (κ3) is 4.84. The van der Waals surface area contributed by atoms with Crippen LogP contribution in [0.2, 0.25) is 0 Å². The third-order valence-electron chi connectivity index (χ3n) is 5.91. The van der Waals surface area contributed by atoms with Gasteiger partial charge in [0.2, 0.25) is 0 Å². The predicted octanol–water partition coefficient (Wildman–Crippen LogP) is 4.73. The van der Waals surface area contributed by atoms with Gasteiger partial charge in [-0.1, -0.05) is 12.1 Å². The number of nitrogens with one attached hydrogen (secondary N) is 2. The van der Waals surface area contributed by atoms with Crippen molar-refractivity contribution in [3.05, 3.63) is 53.3 Å². The normalized spacial score (nSPS) is 17.0. The molecular formula is C23H26F3N4O2P. The fraction of sp³-hybridized carbons (Fsp3) is 0.391. The van der Waals surface area contributed by atoms with Gasteiger partial charge in [-0.05, 0) is 37.6 Å². The third-order valence-corrected chi connectivity index (χ3v) is 9.03. The minimum atomic E-state index is -4.42. The van der Waals surface area contributed by atoms with Crippen molar-refractivity contribution in [3.8, 4) is 5.75 Å². The summed E-state index contributed by atoms with van der Waals surface area (Å²) < 4.78 is 58.8. The monoisotopic (exact) mass is 478 g/mol. The Hall–Kier alpha value is -2.64. The van der Waals surface area contributed by atoms with Gasteiger partial charge in [-0.15, -0.1) is 0 Å². The number of rotatable bonds is 5. The number of alkyl halides is 3. The highest BCUT2D eigenvalue weighted by molar-refractivity contribution is 7.72. The Morgan fingerprint density at radius 1 is 1.15 bits per heavy atom. The van der Waals surface area contributed by atoms with Crippen LogP contribution in [0.15, 0.2) is 36.4 Å². The first-order valence-corrected chi connectivity index (χ1v) is 12.8. The topological polar surface area (TPSA) is 76.1 Å². The van der Waals surface area contributed by atoms with Crippen LogP contribution in [-0.4, -0.2) is 42.5 Å². The molecule has 1 atom stereocenters. The molecule has 0 aliphatic carbocycles. The Balaban J connectivity index is 1.77. The van der Waals surface area contributed by atoms with E-state index in [2.05, 4.69) is 20.6 Å². The number of hydrogen-bond donors (Lipinski definition) is 2. The Labute approximate surface area is 190 Å². The highest BCUT2D eigenvalue weighted by Gasteiger charge is 2.32. The van der Waals surface area contributed by atoms with E-state index in [4.69, 9.17) is 4.74 Å². The van der Waals surface area contributed by atoms with Crippen LogP contribution < -0.4 is 20.7 Å². The van der Waals surface area contributed by atoms with Crippen molar-refractivity contribution in [1.29, 1.82) is 0 Å². The van der Waals surface area contributed by atoms with E-state index in [0.29, 0.717) is 64.6 Å². The summed E-state index contributed by atoms with van der Waals surface area (Å²) >= 11 is 0. The second kappa shape index (κ2) is 8.95. The van der Waals surface area contributed by atoms with Gasteiger partial charge in [-0.2, -0.15) is 13.2 Å². The van der Waals surface area contributed by atoms with E-state index in [1.807, 2.05) is 6.07 Å².